The van der Waals surface area contributed by atoms with Crippen molar-refractivity contribution in [3.63, 3.8) is 0 Å². The molecule has 1 fully saturated rings. The Morgan fingerprint density at radius 3 is 2.90 bits per heavy atom. The quantitative estimate of drug-likeness (QED) is 0.824. The molecule has 2 aromatic rings. The maximum Gasteiger partial charge on any atom is 0.261 e. The minimum Gasteiger partial charge on any atom is -0.350 e. The van der Waals surface area contributed by atoms with Crippen LogP contribution in [0, 0.1) is 5.92 Å². The molecule has 0 saturated heterocycles. The normalized spacial score (nSPS) is 15.9. The van der Waals surface area contributed by atoms with Gasteiger partial charge in [-0.05, 0) is 30.9 Å². The standard InChI is InChI=1S/C15H18N4O2/c16-7-13(10-5-6-10)18-14(20)8-19-9-17-12-4-2-1-3-11(12)15(19)21/h1-4,9-10,13H,5-8,16H2,(H,18,20). The molecular formula is C15H18N4O2. The lowest BCUT2D eigenvalue weighted by molar-refractivity contribution is -0.122. The number of hydrogen-bond donors (Lipinski definition) is 2. The van der Waals surface area contributed by atoms with Crippen LogP contribution >= 0.6 is 0 Å². The minimum absolute atomic E-state index is 0.0154. The zero-order chi connectivity index (χ0) is 14.8. The number of nitrogens with one attached hydrogen (secondary N) is 1. The number of fused-ring (bicyclic) bond motifs is 1. The van der Waals surface area contributed by atoms with Gasteiger partial charge in [0.1, 0.15) is 6.54 Å². The van der Waals surface area contributed by atoms with E-state index in [0.717, 1.165) is 12.8 Å². The molecule has 1 heterocycles. The third kappa shape index (κ3) is 2.95. The van der Waals surface area contributed by atoms with Gasteiger partial charge in [-0.25, -0.2) is 4.98 Å². The Morgan fingerprint density at radius 2 is 2.19 bits per heavy atom. The summed E-state index contributed by atoms with van der Waals surface area (Å²) in [6.07, 6.45) is 3.64. The Labute approximate surface area is 122 Å². The van der Waals surface area contributed by atoms with Gasteiger partial charge in [0, 0.05) is 12.6 Å². The summed E-state index contributed by atoms with van der Waals surface area (Å²) in [6.45, 7) is 0.404. The van der Waals surface area contributed by atoms with Gasteiger partial charge in [0.15, 0.2) is 0 Å². The first-order valence-electron chi connectivity index (χ1n) is 7.12. The Hall–Kier alpha value is -2.21. The molecule has 0 bridgehead atoms. The lowest BCUT2D eigenvalue weighted by Gasteiger charge is -2.16. The van der Waals surface area contributed by atoms with Crippen molar-refractivity contribution >= 4 is 16.8 Å². The van der Waals surface area contributed by atoms with E-state index in [0.29, 0.717) is 23.4 Å². The maximum atomic E-state index is 12.3. The molecule has 3 N–H and O–H groups in total. The molecule has 1 amide bonds. The summed E-state index contributed by atoms with van der Waals surface area (Å²) in [5.74, 6) is 0.293. The number of amides is 1. The zero-order valence-corrected chi connectivity index (χ0v) is 11.7. The van der Waals surface area contributed by atoms with Crippen molar-refractivity contribution in [1.29, 1.82) is 0 Å². The van der Waals surface area contributed by atoms with Gasteiger partial charge in [0.25, 0.3) is 5.56 Å². The Bertz CT molecular complexity index is 721. The molecule has 1 aliphatic rings. The van der Waals surface area contributed by atoms with Crippen molar-refractivity contribution in [3.8, 4) is 0 Å². The fourth-order valence-corrected chi connectivity index (χ4v) is 2.49. The van der Waals surface area contributed by atoms with Gasteiger partial charge in [-0.15, -0.1) is 0 Å². The number of rotatable bonds is 5. The van der Waals surface area contributed by atoms with Crippen molar-refractivity contribution < 1.29 is 4.79 Å². The van der Waals surface area contributed by atoms with E-state index in [2.05, 4.69) is 10.3 Å². The molecule has 1 aliphatic carbocycles. The Kier molecular flexibility index (Phi) is 3.70. The van der Waals surface area contributed by atoms with Crippen LogP contribution in [0.25, 0.3) is 10.9 Å². The van der Waals surface area contributed by atoms with Crippen molar-refractivity contribution in [1.82, 2.24) is 14.9 Å². The van der Waals surface area contributed by atoms with Crippen molar-refractivity contribution in [2.24, 2.45) is 11.7 Å². The molecule has 1 aromatic carbocycles. The molecule has 1 unspecified atom stereocenters. The van der Waals surface area contributed by atoms with Crippen LogP contribution in [0.4, 0.5) is 0 Å². The van der Waals surface area contributed by atoms with Crippen LogP contribution in [0.1, 0.15) is 12.8 Å². The molecule has 1 saturated carbocycles. The highest BCUT2D eigenvalue weighted by atomic mass is 16.2. The van der Waals surface area contributed by atoms with Crippen LogP contribution in [0.3, 0.4) is 0 Å². The number of aromatic nitrogens is 2. The van der Waals surface area contributed by atoms with E-state index in [1.165, 1.54) is 10.9 Å². The summed E-state index contributed by atoms with van der Waals surface area (Å²) in [5, 5.41) is 3.42. The lowest BCUT2D eigenvalue weighted by atomic mass is 10.2. The molecule has 1 atom stereocenters. The SMILES string of the molecule is NCC(NC(=O)Cn1cnc2ccccc2c1=O)C1CC1. The highest BCUT2D eigenvalue weighted by Gasteiger charge is 2.31. The summed E-state index contributed by atoms with van der Waals surface area (Å²) < 4.78 is 1.33. The topological polar surface area (TPSA) is 90.0 Å². The molecule has 0 radical (unpaired) electrons. The maximum absolute atomic E-state index is 12.3. The number of carbonyl (C=O) groups is 1. The number of carbonyl (C=O) groups excluding carboxylic acids is 1. The van der Waals surface area contributed by atoms with Crippen LogP contribution in [0.5, 0.6) is 0 Å². The second-order valence-electron chi connectivity index (χ2n) is 5.44. The molecule has 6 nitrogen and oxygen atoms in total. The van der Waals surface area contributed by atoms with Crippen LogP contribution in [0.15, 0.2) is 35.4 Å². The highest BCUT2D eigenvalue weighted by Crippen LogP contribution is 2.32. The predicted molar refractivity (Wildman–Crippen MR) is 79.7 cm³/mol. The first kappa shape index (κ1) is 13.8. The van der Waals surface area contributed by atoms with E-state index in [4.69, 9.17) is 5.73 Å². The van der Waals surface area contributed by atoms with E-state index in [1.54, 1.807) is 18.2 Å². The molecule has 0 aliphatic heterocycles. The molecule has 3 rings (SSSR count). The minimum atomic E-state index is -0.202. The zero-order valence-electron chi connectivity index (χ0n) is 11.7. The van der Waals surface area contributed by atoms with Crippen LogP contribution in [-0.4, -0.2) is 28.0 Å². The van der Waals surface area contributed by atoms with Gasteiger partial charge >= 0.3 is 0 Å². The largest absolute Gasteiger partial charge is 0.350 e. The summed E-state index contributed by atoms with van der Waals surface area (Å²) in [4.78, 5) is 28.5. The smallest absolute Gasteiger partial charge is 0.261 e. The molecular weight excluding hydrogens is 268 g/mol. The van der Waals surface area contributed by atoms with Crippen molar-refractivity contribution in [2.75, 3.05) is 6.54 Å². The van der Waals surface area contributed by atoms with E-state index in [1.807, 2.05) is 6.07 Å². The Balaban J connectivity index is 1.76. The van der Waals surface area contributed by atoms with Crippen molar-refractivity contribution in [3.05, 3.63) is 40.9 Å². The van der Waals surface area contributed by atoms with Gasteiger partial charge in [-0.2, -0.15) is 0 Å². The predicted octanol–water partition coefficient (Wildman–Crippen LogP) is 0.250. The second kappa shape index (κ2) is 5.65. The van der Waals surface area contributed by atoms with Crippen LogP contribution in [0.2, 0.25) is 0 Å². The summed E-state index contributed by atoms with van der Waals surface area (Å²) in [6, 6.07) is 7.12. The second-order valence-corrected chi connectivity index (χ2v) is 5.44. The number of hydrogen-bond acceptors (Lipinski definition) is 4. The number of benzene rings is 1. The van der Waals surface area contributed by atoms with E-state index >= 15 is 0 Å². The van der Waals surface area contributed by atoms with Gasteiger partial charge in [-0.3, -0.25) is 14.2 Å². The van der Waals surface area contributed by atoms with Gasteiger partial charge in [0.2, 0.25) is 5.91 Å². The Morgan fingerprint density at radius 1 is 1.43 bits per heavy atom. The molecule has 1 aromatic heterocycles. The number of nitrogens with two attached hydrogens (primary N) is 1. The number of nitrogens with zero attached hydrogens (tertiary/aromatic N) is 2. The summed E-state index contributed by atoms with van der Waals surface area (Å²) in [7, 11) is 0. The van der Waals surface area contributed by atoms with Gasteiger partial charge < -0.3 is 11.1 Å². The first-order valence-corrected chi connectivity index (χ1v) is 7.12. The van der Waals surface area contributed by atoms with Crippen molar-refractivity contribution in [2.45, 2.75) is 25.4 Å². The number of para-hydroxylation sites is 1. The molecule has 110 valence electrons. The first-order chi connectivity index (χ1) is 10.2. The average molecular weight is 286 g/mol. The fourth-order valence-electron chi connectivity index (χ4n) is 2.49. The van der Waals surface area contributed by atoms with Crippen LogP contribution < -0.4 is 16.6 Å². The lowest BCUT2D eigenvalue weighted by Crippen LogP contribution is -2.44. The van der Waals surface area contributed by atoms with E-state index in [9.17, 15) is 9.59 Å². The molecule has 0 spiro atoms. The summed E-state index contributed by atoms with van der Waals surface area (Å²) >= 11 is 0. The fraction of sp³-hybridized carbons (Fsp3) is 0.400. The highest BCUT2D eigenvalue weighted by molar-refractivity contribution is 5.79. The monoisotopic (exact) mass is 286 g/mol. The average Bonchev–Trinajstić information content (AvgIpc) is 3.33. The van der Waals surface area contributed by atoms with E-state index in [-0.39, 0.29) is 24.1 Å². The molecule has 6 heteroatoms. The third-order valence-corrected chi connectivity index (χ3v) is 3.84. The molecule has 21 heavy (non-hydrogen) atoms. The van der Waals surface area contributed by atoms with E-state index < -0.39 is 0 Å². The van der Waals surface area contributed by atoms with Gasteiger partial charge in [0.05, 0.1) is 17.2 Å². The summed E-state index contributed by atoms with van der Waals surface area (Å²) in [5.41, 5.74) is 6.10. The third-order valence-electron chi connectivity index (χ3n) is 3.84. The van der Waals surface area contributed by atoms with Gasteiger partial charge in [-0.1, -0.05) is 12.1 Å². The van der Waals surface area contributed by atoms with Crippen LogP contribution in [-0.2, 0) is 11.3 Å².